The van der Waals surface area contributed by atoms with Crippen LogP contribution >= 0.6 is 11.6 Å². The first-order valence-electron chi connectivity index (χ1n) is 9.77. The van der Waals surface area contributed by atoms with Gasteiger partial charge in [-0.25, -0.2) is 4.39 Å². The van der Waals surface area contributed by atoms with Gasteiger partial charge in [0.05, 0.1) is 24.9 Å². The number of ether oxygens (including phenoxy) is 2. The number of hydrogen-bond donors (Lipinski definition) is 2. The van der Waals surface area contributed by atoms with Crippen LogP contribution < -0.4 is 20.1 Å². The Kier molecular flexibility index (Phi) is 7.68. The summed E-state index contributed by atoms with van der Waals surface area (Å²) in [5.41, 5.74) is 1.91. The Hall–Kier alpha value is -3.58. The van der Waals surface area contributed by atoms with Crippen molar-refractivity contribution in [1.82, 2.24) is 0 Å². The van der Waals surface area contributed by atoms with Gasteiger partial charge in [-0.1, -0.05) is 23.7 Å². The number of nitrogens with one attached hydrogen (secondary N) is 2. The quantitative estimate of drug-likeness (QED) is 0.481. The maximum atomic E-state index is 13.4. The summed E-state index contributed by atoms with van der Waals surface area (Å²) in [6.07, 6.45) is 0.731. The third-order valence-electron chi connectivity index (χ3n) is 4.68. The molecule has 3 aromatic carbocycles. The van der Waals surface area contributed by atoms with E-state index in [4.69, 9.17) is 21.1 Å². The molecule has 0 unspecified atom stereocenters. The zero-order chi connectivity index (χ0) is 23.1. The summed E-state index contributed by atoms with van der Waals surface area (Å²) in [5, 5.41) is 5.97. The average molecular weight is 457 g/mol. The number of halogens is 2. The third-order valence-corrected chi connectivity index (χ3v) is 4.97. The molecule has 8 heteroatoms. The van der Waals surface area contributed by atoms with E-state index in [9.17, 15) is 14.0 Å². The molecule has 0 bridgehead atoms. The lowest BCUT2D eigenvalue weighted by molar-refractivity contribution is -0.116. The molecule has 2 amide bonds. The molecule has 6 nitrogen and oxygen atoms in total. The van der Waals surface area contributed by atoms with Gasteiger partial charge >= 0.3 is 0 Å². The van der Waals surface area contributed by atoms with Crippen molar-refractivity contribution in [3.05, 3.63) is 82.6 Å². The third kappa shape index (κ3) is 5.98. The molecular weight excluding hydrogens is 435 g/mol. The lowest BCUT2D eigenvalue weighted by atomic mass is 10.1. The SMILES string of the molecule is COc1ccc(CCC(=O)Nc2ccc(OC)c(NC(=O)c3cccc(F)c3)c2)cc1Cl. The van der Waals surface area contributed by atoms with Crippen molar-refractivity contribution in [1.29, 1.82) is 0 Å². The molecule has 0 saturated carbocycles. The number of hydrogen-bond acceptors (Lipinski definition) is 4. The molecule has 0 fully saturated rings. The smallest absolute Gasteiger partial charge is 0.255 e. The maximum Gasteiger partial charge on any atom is 0.255 e. The highest BCUT2D eigenvalue weighted by Crippen LogP contribution is 2.29. The number of rotatable bonds is 8. The summed E-state index contributed by atoms with van der Waals surface area (Å²) in [4.78, 5) is 24.9. The molecule has 0 aliphatic rings. The zero-order valence-electron chi connectivity index (χ0n) is 17.6. The van der Waals surface area contributed by atoms with Crippen molar-refractivity contribution in [2.45, 2.75) is 12.8 Å². The first kappa shape index (κ1) is 23.1. The first-order valence-corrected chi connectivity index (χ1v) is 10.1. The summed E-state index contributed by atoms with van der Waals surface area (Å²) in [5.74, 6) is -0.234. The Bertz CT molecular complexity index is 1140. The lowest BCUT2D eigenvalue weighted by Gasteiger charge is -2.13. The van der Waals surface area contributed by atoms with Crippen LogP contribution in [0.25, 0.3) is 0 Å². The summed E-state index contributed by atoms with van der Waals surface area (Å²) in [6.45, 7) is 0. The van der Waals surface area contributed by atoms with Crippen LogP contribution in [0.2, 0.25) is 5.02 Å². The van der Waals surface area contributed by atoms with E-state index in [1.165, 1.54) is 32.4 Å². The van der Waals surface area contributed by atoms with Crippen LogP contribution in [-0.4, -0.2) is 26.0 Å². The highest BCUT2D eigenvalue weighted by atomic mass is 35.5. The fraction of sp³-hybridized carbons (Fsp3) is 0.167. The highest BCUT2D eigenvalue weighted by Gasteiger charge is 2.13. The Balaban J connectivity index is 1.65. The van der Waals surface area contributed by atoms with Crippen molar-refractivity contribution < 1.29 is 23.5 Å². The number of aryl methyl sites for hydroxylation is 1. The second kappa shape index (κ2) is 10.6. The minimum absolute atomic E-state index is 0.166. The van der Waals surface area contributed by atoms with Gasteiger partial charge in [-0.2, -0.15) is 0 Å². The van der Waals surface area contributed by atoms with E-state index in [2.05, 4.69) is 10.6 Å². The van der Waals surface area contributed by atoms with E-state index in [1.807, 2.05) is 6.07 Å². The summed E-state index contributed by atoms with van der Waals surface area (Å²) in [6, 6.07) is 15.6. The molecule has 2 N–H and O–H groups in total. The summed E-state index contributed by atoms with van der Waals surface area (Å²) in [7, 11) is 3.00. The van der Waals surface area contributed by atoms with E-state index in [0.717, 1.165) is 11.6 Å². The average Bonchev–Trinajstić information content (AvgIpc) is 2.78. The number of carbonyl (C=O) groups is 2. The Labute approximate surface area is 190 Å². The van der Waals surface area contributed by atoms with Crippen LogP contribution in [-0.2, 0) is 11.2 Å². The minimum atomic E-state index is -0.510. The van der Waals surface area contributed by atoms with E-state index in [1.54, 1.807) is 30.3 Å². The molecule has 3 aromatic rings. The predicted octanol–water partition coefficient (Wildman–Crippen LogP) is 5.32. The van der Waals surface area contributed by atoms with Crippen molar-refractivity contribution in [2.75, 3.05) is 24.9 Å². The van der Waals surface area contributed by atoms with Crippen LogP contribution in [0.3, 0.4) is 0 Å². The molecule has 0 spiro atoms. The second-order valence-corrected chi connectivity index (χ2v) is 7.30. The molecule has 0 aliphatic carbocycles. The van der Waals surface area contributed by atoms with Crippen LogP contribution in [0.1, 0.15) is 22.3 Å². The van der Waals surface area contributed by atoms with E-state index in [-0.39, 0.29) is 17.9 Å². The maximum absolute atomic E-state index is 13.4. The largest absolute Gasteiger partial charge is 0.495 e. The molecule has 0 aliphatic heterocycles. The van der Waals surface area contributed by atoms with Gasteiger partial charge in [0.1, 0.15) is 17.3 Å². The van der Waals surface area contributed by atoms with Gasteiger partial charge in [0.2, 0.25) is 5.91 Å². The van der Waals surface area contributed by atoms with Gasteiger partial charge in [-0.3, -0.25) is 9.59 Å². The Morgan fingerprint density at radius 2 is 1.69 bits per heavy atom. The van der Waals surface area contributed by atoms with Crippen molar-refractivity contribution in [3.8, 4) is 11.5 Å². The van der Waals surface area contributed by atoms with E-state index in [0.29, 0.717) is 34.3 Å². The fourth-order valence-electron chi connectivity index (χ4n) is 3.05. The lowest BCUT2D eigenvalue weighted by Crippen LogP contribution is -2.15. The molecule has 32 heavy (non-hydrogen) atoms. The summed E-state index contributed by atoms with van der Waals surface area (Å²) < 4.78 is 23.8. The van der Waals surface area contributed by atoms with Crippen LogP contribution in [0.5, 0.6) is 11.5 Å². The molecule has 0 radical (unpaired) electrons. The molecule has 0 heterocycles. The Morgan fingerprint density at radius 3 is 2.38 bits per heavy atom. The van der Waals surface area contributed by atoms with Gasteiger partial charge in [0.25, 0.3) is 5.91 Å². The molecule has 0 atom stereocenters. The van der Waals surface area contributed by atoms with Gasteiger partial charge in [0.15, 0.2) is 0 Å². The van der Waals surface area contributed by atoms with E-state index < -0.39 is 11.7 Å². The molecule has 0 aromatic heterocycles. The fourth-order valence-corrected chi connectivity index (χ4v) is 3.33. The number of anilines is 2. The van der Waals surface area contributed by atoms with Crippen LogP contribution in [0.15, 0.2) is 60.7 Å². The summed E-state index contributed by atoms with van der Waals surface area (Å²) >= 11 is 6.12. The van der Waals surface area contributed by atoms with E-state index >= 15 is 0 Å². The predicted molar refractivity (Wildman–Crippen MR) is 122 cm³/mol. The standard InChI is InChI=1S/C24H22ClFN2O4/c1-31-21-9-6-15(12-19(21)25)7-11-23(29)27-18-8-10-22(32-2)20(14-18)28-24(30)16-4-3-5-17(26)13-16/h3-6,8-10,12-14H,7,11H2,1-2H3,(H,27,29)(H,28,30). The number of amides is 2. The highest BCUT2D eigenvalue weighted by molar-refractivity contribution is 6.32. The number of benzene rings is 3. The monoisotopic (exact) mass is 456 g/mol. The number of carbonyl (C=O) groups excluding carboxylic acids is 2. The van der Waals surface area contributed by atoms with Crippen LogP contribution in [0.4, 0.5) is 15.8 Å². The van der Waals surface area contributed by atoms with Gasteiger partial charge in [0, 0.05) is 17.7 Å². The van der Waals surface area contributed by atoms with Gasteiger partial charge < -0.3 is 20.1 Å². The molecule has 0 saturated heterocycles. The second-order valence-electron chi connectivity index (χ2n) is 6.90. The molecular formula is C24H22ClFN2O4. The molecule has 166 valence electrons. The zero-order valence-corrected chi connectivity index (χ0v) is 18.3. The van der Waals surface area contributed by atoms with Crippen LogP contribution in [0, 0.1) is 5.82 Å². The van der Waals surface area contributed by atoms with Crippen molar-refractivity contribution in [3.63, 3.8) is 0 Å². The van der Waals surface area contributed by atoms with Gasteiger partial charge in [-0.05, 0) is 60.5 Å². The Morgan fingerprint density at radius 1 is 0.938 bits per heavy atom. The first-order chi connectivity index (χ1) is 15.4. The molecule has 3 rings (SSSR count). The number of methoxy groups -OCH3 is 2. The van der Waals surface area contributed by atoms with Crippen molar-refractivity contribution in [2.24, 2.45) is 0 Å². The van der Waals surface area contributed by atoms with Gasteiger partial charge in [-0.15, -0.1) is 0 Å². The topological polar surface area (TPSA) is 76.7 Å². The normalized spacial score (nSPS) is 10.4. The minimum Gasteiger partial charge on any atom is -0.495 e. The van der Waals surface area contributed by atoms with Crippen molar-refractivity contribution >= 4 is 34.8 Å².